The zero-order valence-corrected chi connectivity index (χ0v) is 22.9. The van der Waals surface area contributed by atoms with Crippen LogP contribution < -0.4 is 10.1 Å². The molecule has 9 nitrogen and oxygen atoms in total. The molecule has 0 radical (unpaired) electrons. The third kappa shape index (κ3) is 5.34. The average Bonchev–Trinajstić information content (AvgIpc) is 3.06. The third-order valence-electron chi connectivity index (χ3n) is 6.37. The summed E-state index contributed by atoms with van der Waals surface area (Å²) < 4.78 is 63.5. The SMILES string of the molecule is COc1nc([C@@H](C)F)ccc1-c1ccc2cnc(CNC(=O)c3cc(Cl)c4c(c3)S(=O)(=O)[C@@H](F)COC4)cc2n1. The number of carbonyl (C=O) groups excluding carboxylic acids is 1. The van der Waals surface area contributed by atoms with Crippen molar-refractivity contribution in [3.8, 4) is 17.1 Å². The Hall–Kier alpha value is -3.74. The summed E-state index contributed by atoms with van der Waals surface area (Å²) in [4.78, 5) is 25.8. The quantitative estimate of drug-likeness (QED) is 0.337. The maximum Gasteiger partial charge on any atom is 0.251 e. The molecule has 0 bridgehead atoms. The van der Waals surface area contributed by atoms with Gasteiger partial charge >= 0.3 is 0 Å². The summed E-state index contributed by atoms with van der Waals surface area (Å²) >= 11 is 6.23. The van der Waals surface area contributed by atoms with Gasteiger partial charge < -0.3 is 14.8 Å². The van der Waals surface area contributed by atoms with E-state index in [-0.39, 0.29) is 45.8 Å². The standard InChI is InChI=1S/C27H23ClF2N4O5S/c1-14(29)21-6-4-18(27(34-21)38-2)22-5-3-15-10-31-17(9-23(15)33-22)11-32-26(35)16-7-20(28)19-12-39-13-25(30)40(36,37)24(19)8-16/h3-10,14,25H,11-13H2,1-2H3,(H,32,35)/t14-,25-/m1/s1. The molecule has 1 aromatic carbocycles. The molecule has 1 aliphatic rings. The summed E-state index contributed by atoms with van der Waals surface area (Å²) in [6.07, 6.45) is 0.349. The van der Waals surface area contributed by atoms with Crippen molar-refractivity contribution in [1.29, 1.82) is 0 Å². The van der Waals surface area contributed by atoms with Gasteiger partial charge in [-0.05, 0) is 49.4 Å². The molecule has 4 aromatic rings. The molecule has 0 spiro atoms. The highest BCUT2D eigenvalue weighted by atomic mass is 35.5. The largest absolute Gasteiger partial charge is 0.480 e. The molecule has 1 amide bonds. The van der Waals surface area contributed by atoms with Crippen LogP contribution in [0.3, 0.4) is 0 Å². The lowest BCUT2D eigenvalue weighted by molar-refractivity contribution is 0.0947. The highest BCUT2D eigenvalue weighted by molar-refractivity contribution is 7.92. The molecule has 0 aliphatic carbocycles. The number of sulfone groups is 1. The molecular formula is C27H23ClF2N4O5S. The first-order valence-corrected chi connectivity index (χ1v) is 14.0. The first-order valence-electron chi connectivity index (χ1n) is 12.1. The topological polar surface area (TPSA) is 120 Å². The number of nitrogens with zero attached hydrogens (tertiary/aromatic N) is 3. The van der Waals surface area contributed by atoms with Crippen molar-refractivity contribution in [2.24, 2.45) is 0 Å². The average molecular weight is 589 g/mol. The van der Waals surface area contributed by atoms with Gasteiger partial charge in [-0.15, -0.1) is 0 Å². The Morgan fingerprint density at radius 1 is 1.23 bits per heavy atom. The first-order chi connectivity index (χ1) is 19.1. The number of aromatic nitrogens is 3. The molecule has 0 fully saturated rings. The predicted molar refractivity (Wildman–Crippen MR) is 143 cm³/mol. The minimum atomic E-state index is -4.37. The van der Waals surface area contributed by atoms with Gasteiger partial charge in [-0.25, -0.2) is 27.2 Å². The van der Waals surface area contributed by atoms with Gasteiger partial charge in [0.2, 0.25) is 21.2 Å². The summed E-state index contributed by atoms with van der Waals surface area (Å²) in [5.74, 6) is -0.385. The monoisotopic (exact) mass is 588 g/mol. The van der Waals surface area contributed by atoms with Gasteiger partial charge in [0, 0.05) is 27.7 Å². The highest BCUT2D eigenvalue weighted by Gasteiger charge is 2.34. The lowest BCUT2D eigenvalue weighted by Crippen LogP contribution is -2.24. The Bertz CT molecular complexity index is 1740. The Kier molecular flexibility index (Phi) is 7.67. The number of amides is 1. The van der Waals surface area contributed by atoms with Gasteiger partial charge in [-0.3, -0.25) is 9.78 Å². The summed E-state index contributed by atoms with van der Waals surface area (Å²) in [5.41, 5.74) is 0.227. The number of nitrogens with one attached hydrogen (secondary N) is 1. The molecule has 0 unspecified atom stereocenters. The number of alkyl halides is 2. The van der Waals surface area contributed by atoms with Crippen molar-refractivity contribution in [1.82, 2.24) is 20.3 Å². The van der Waals surface area contributed by atoms with E-state index in [4.69, 9.17) is 21.1 Å². The Labute approximate surface area is 233 Å². The van der Waals surface area contributed by atoms with E-state index in [1.54, 1.807) is 30.5 Å². The lowest BCUT2D eigenvalue weighted by atomic mass is 10.1. The zero-order chi connectivity index (χ0) is 28.6. The van der Waals surface area contributed by atoms with Crippen LogP contribution >= 0.6 is 11.6 Å². The van der Waals surface area contributed by atoms with Gasteiger partial charge in [-0.1, -0.05) is 11.6 Å². The van der Waals surface area contributed by atoms with Gasteiger partial charge in [-0.2, -0.15) is 0 Å². The van der Waals surface area contributed by atoms with E-state index in [9.17, 15) is 22.0 Å². The normalized spacial score (nSPS) is 17.1. The molecule has 5 rings (SSSR count). The summed E-state index contributed by atoms with van der Waals surface area (Å²) in [6.45, 7) is 0.572. The fraction of sp³-hybridized carbons (Fsp3) is 0.259. The molecule has 3 aromatic heterocycles. The Balaban J connectivity index is 1.39. The maximum atomic E-state index is 14.2. The van der Waals surface area contributed by atoms with Crippen LogP contribution in [0.1, 0.15) is 40.4 Å². The van der Waals surface area contributed by atoms with E-state index >= 15 is 0 Å². The van der Waals surface area contributed by atoms with Crippen LogP contribution in [0.25, 0.3) is 22.2 Å². The van der Waals surface area contributed by atoms with E-state index in [2.05, 4.69) is 20.3 Å². The third-order valence-corrected chi connectivity index (χ3v) is 8.50. The van der Waals surface area contributed by atoms with Crippen molar-refractivity contribution in [3.05, 3.63) is 76.2 Å². The number of benzene rings is 1. The summed E-state index contributed by atoms with van der Waals surface area (Å²) in [5, 5.41) is 3.40. The number of rotatable bonds is 6. The number of halogens is 3. The molecule has 0 saturated carbocycles. The van der Waals surface area contributed by atoms with Crippen molar-refractivity contribution in [2.45, 2.75) is 36.6 Å². The van der Waals surface area contributed by atoms with E-state index in [1.165, 1.54) is 20.1 Å². The van der Waals surface area contributed by atoms with Crippen molar-refractivity contribution < 1.29 is 31.5 Å². The minimum Gasteiger partial charge on any atom is -0.480 e. The van der Waals surface area contributed by atoms with Gasteiger partial charge in [0.05, 0.1) is 59.9 Å². The molecule has 1 N–H and O–H groups in total. The number of methoxy groups -OCH3 is 1. The molecule has 4 heterocycles. The van der Waals surface area contributed by atoms with Crippen LogP contribution in [0.15, 0.2) is 53.6 Å². The minimum absolute atomic E-state index is 0.00898. The summed E-state index contributed by atoms with van der Waals surface area (Å²) in [6, 6.07) is 11.0. The fourth-order valence-electron chi connectivity index (χ4n) is 4.22. The van der Waals surface area contributed by atoms with Gasteiger partial charge in [0.15, 0.2) is 0 Å². The second-order valence-electron chi connectivity index (χ2n) is 9.06. The molecule has 0 saturated heterocycles. The maximum absolute atomic E-state index is 14.2. The van der Waals surface area contributed by atoms with Crippen LogP contribution in [0.2, 0.25) is 5.02 Å². The van der Waals surface area contributed by atoms with Crippen molar-refractivity contribution in [2.75, 3.05) is 13.7 Å². The number of ether oxygens (including phenoxy) is 2. The second-order valence-corrected chi connectivity index (χ2v) is 11.5. The highest BCUT2D eigenvalue weighted by Crippen LogP contribution is 2.33. The number of hydrogen-bond donors (Lipinski definition) is 1. The van der Waals surface area contributed by atoms with E-state index in [1.807, 2.05) is 6.07 Å². The first kappa shape index (κ1) is 27.8. The van der Waals surface area contributed by atoms with Crippen LogP contribution in [0, 0.1) is 0 Å². The molecule has 208 valence electrons. The number of carbonyl (C=O) groups is 1. The fourth-order valence-corrected chi connectivity index (χ4v) is 5.91. The van der Waals surface area contributed by atoms with Gasteiger partial charge in [0.25, 0.3) is 5.91 Å². The molecule has 2 atom stereocenters. The van der Waals surface area contributed by atoms with E-state index < -0.39 is 34.0 Å². The van der Waals surface area contributed by atoms with Crippen LogP contribution in [0.4, 0.5) is 8.78 Å². The van der Waals surface area contributed by atoms with Crippen molar-refractivity contribution in [3.63, 3.8) is 0 Å². The molecule has 1 aliphatic heterocycles. The predicted octanol–water partition coefficient (Wildman–Crippen LogP) is 4.91. The molecular weight excluding hydrogens is 566 g/mol. The summed E-state index contributed by atoms with van der Waals surface area (Å²) in [7, 11) is -2.93. The number of pyridine rings is 3. The smallest absolute Gasteiger partial charge is 0.251 e. The van der Waals surface area contributed by atoms with Crippen LogP contribution in [-0.2, 0) is 27.7 Å². The van der Waals surface area contributed by atoms with Crippen molar-refractivity contribution >= 4 is 38.2 Å². The van der Waals surface area contributed by atoms with Crippen LogP contribution in [0.5, 0.6) is 5.88 Å². The molecule has 40 heavy (non-hydrogen) atoms. The second kappa shape index (κ2) is 11.0. The Morgan fingerprint density at radius 3 is 2.77 bits per heavy atom. The van der Waals surface area contributed by atoms with Gasteiger partial charge in [0.1, 0.15) is 6.17 Å². The molecule has 13 heteroatoms. The van der Waals surface area contributed by atoms with E-state index in [0.29, 0.717) is 22.5 Å². The van der Waals surface area contributed by atoms with E-state index in [0.717, 1.165) is 11.5 Å². The number of fused-ring (bicyclic) bond motifs is 2. The van der Waals surface area contributed by atoms with Crippen LogP contribution in [-0.4, -0.2) is 48.5 Å². The Morgan fingerprint density at radius 2 is 2.02 bits per heavy atom. The zero-order valence-electron chi connectivity index (χ0n) is 21.3. The number of hydrogen-bond acceptors (Lipinski definition) is 8. The lowest BCUT2D eigenvalue weighted by Gasteiger charge is -2.12.